The molecule has 102 valence electrons. The van der Waals surface area contributed by atoms with Gasteiger partial charge in [-0.1, -0.05) is 17.7 Å². The number of nitrogens with zero attached hydrogens (tertiary/aromatic N) is 5. The van der Waals surface area contributed by atoms with Gasteiger partial charge < -0.3 is 4.74 Å². The SMILES string of the molecule is Clc1cc(Oc2ccc3cccnc3c2)n2ncnc2n1. The second-order valence-corrected chi connectivity index (χ2v) is 4.74. The van der Waals surface area contributed by atoms with Crippen molar-refractivity contribution in [2.24, 2.45) is 0 Å². The first-order chi connectivity index (χ1) is 10.3. The third-order valence-electron chi connectivity index (χ3n) is 2.99. The Kier molecular flexibility index (Phi) is 2.68. The van der Waals surface area contributed by atoms with E-state index in [-0.39, 0.29) is 0 Å². The summed E-state index contributed by atoms with van der Waals surface area (Å²) in [7, 11) is 0. The zero-order valence-electron chi connectivity index (χ0n) is 10.6. The van der Waals surface area contributed by atoms with Gasteiger partial charge in [-0.05, 0) is 18.2 Å². The third-order valence-corrected chi connectivity index (χ3v) is 3.18. The first-order valence-corrected chi connectivity index (χ1v) is 6.56. The number of rotatable bonds is 2. The van der Waals surface area contributed by atoms with Gasteiger partial charge in [0.25, 0.3) is 5.78 Å². The minimum absolute atomic E-state index is 0.296. The van der Waals surface area contributed by atoms with Crippen molar-refractivity contribution in [3.8, 4) is 11.6 Å². The lowest BCUT2D eigenvalue weighted by Gasteiger charge is -2.07. The van der Waals surface area contributed by atoms with Gasteiger partial charge in [0.15, 0.2) is 0 Å². The standard InChI is InChI=1S/C14H8ClN5O/c15-12-7-13(20-14(19-12)17-8-18-20)21-10-4-3-9-2-1-5-16-11(9)6-10/h1-8H. The number of fused-ring (bicyclic) bond motifs is 2. The molecule has 0 aliphatic carbocycles. The first-order valence-electron chi connectivity index (χ1n) is 6.18. The average molecular weight is 298 g/mol. The van der Waals surface area contributed by atoms with Crippen molar-refractivity contribution in [2.75, 3.05) is 0 Å². The molecule has 0 bridgehead atoms. The molecule has 0 aliphatic heterocycles. The molecular weight excluding hydrogens is 290 g/mol. The van der Waals surface area contributed by atoms with E-state index in [4.69, 9.17) is 16.3 Å². The Hall–Kier alpha value is -2.73. The second kappa shape index (κ2) is 4.68. The quantitative estimate of drug-likeness (QED) is 0.532. The van der Waals surface area contributed by atoms with Crippen LogP contribution in [0.4, 0.5) is 0 Å². The van der Waals surface area contributed by atoms with Crippen molar-refractivity contribution in [1.29, 1.82) is 0 Å². The van der Waals surface area contributed by atoms with E-state index in [1.807, 2.05) is 30.3 Å². The van der Waals surface area contributed by atoms with Gasteiger partial charge in [-0.2, -0.15) is 19.6 Å². The van der Waals surface area contributed by atoms with Gasteiger partial charge in [-0.15, -0.1) is 0 Å². The largest absolute Gasteiger partial charge is 0.439 e. The Labute approximate surface area is 124 Å². The van der Waals surface area contributed by atoms with Crippen molar-refractivity contribution >= 4 is 28.3 Å². The van der Waals surface area contributed by atoms with Crippen LogP contribution >= 0.6 is 11.6 Å². The van der Waals surface area contributed by atoms with Gasteiger partial charge in [0.05, 0.1) is 5.52 Å². The maximum Gasteiger partial charge on any atom is 0.256 e. The molecule has 4 aromatic rings. The number of pyridine rings is 1. The van der Waals surface area contributed by atoms with Crippen LogP contribution < -0.4 is 4.74 Å². The zero-order chi connectivity index (χ0) is 14.2. The van der Waals surface area contributed by atoms with Crippen LogP contribution in [0, 0.1) is 0 Å². The van der Waals surface area contributed by atoms with E-state index < -0.39 is 0 Å². The monoisotopic (exact) mass is 297 g/mol. The zero-order valence-corrected chi connectivity index (χ0v) is 11.4. The summed E-state index contributed by atoms with van der Waals surface area (Å²) in [5.41, 5.74) is 0.852. The molecule has 0 saturated carbocycles. The molecule has 0 radical (unpaired) electrons. The predicted molar refractivity (Wildman–Crippen MR) is 77.6 cm³/mol. The van der Waals surface area contributed by atoms with E-state index in [1.54, 1.807) is 12.3 Å². The van der Waals surface area contributed by atoms with Crippen LogP contribution in [0.25, 0.3) is 16.7 Å². The van der Waals surface area contributed by atoms with Crippen molar-refractivity contribution < 1.29 is 4.74 Å². The Balaban J connectivity index is 1.80. The maximum absolute atomic E-state index is 5.96. The summed E-state index contributed by atoms with van der Waals surface area (Å²) in [5, 5.41) is 5.40. The Bertz CT molecular complexity index is 952. The van der Waals surface area contributed by atoms with Crippen molar-refractivity contribution in [2.45, 2.75) is 0 Å². The van der Waals surface area contributed by atoms with Crippen LogP contribution in [0.3, 0.4) is 0 Å². The molecule has 4 rings (SSSR count). The minimum atomic E-state index is 0.296. The lowest BCUT2D eigenvalue weighted by atomic mass is 10.2. The highest BCUT2D eigenvalue weighted by Crippen LogP contribution is 2.26. The van der Waals surface area contributed by atoms with E-state index in [0.717, 1.165) is 10.9 Å². The molecule has 0 N–H and O–H groups in total. The van der Waals surface area contributed by atoms with Crippen LogP contribution in [0.2, 0.25) is 5.15 Å². The van der Waals surface area contributed by atoms with Gasteiger partial charge in [0, 0.05) is 23.7 Å². The number of aromatic nitrogens is 5. The van der Waals surface area contributed by atoms with Crippen molar-refractivity contribution in [1.82, 2.24) is 24.6 Å². The van der Waals surface area contributed by atoms with Gasteiger partial charge in [-0.25, -0.2) is 0 Å². The van der Waals surface area contributed by atoms with Gasteiger partial charge in [0.1, 0.15) is 17.2 Å². The van der Waals surface area contributed by atoms with Crippen LogP contribution in [0.15, 0.2) is 48.9 Å². The number of ether oxygens (including phenoxy) is 1. The molecular formula is C14H8ClN5O. The molecule has 0 saturated heterocycles. The number of halogens is 1. The summed E-state index contributed by atoms with van der Waals surface area (Å²) in [6, 6.07) is 11.1. The molecule has 0 spiro atoms. The van der Waals surface area contributed by atoms with Crippen LogP contribution in [-0.4, -0.2) is 24.6 Å². The average Bonchev–Trinajstić information content (AvgIpc) is 2.95. The molecule has 21 heavy (non-hydrogen) atoms. The number of benzene rings is 1. The molecule has 7 heteroatoms. The van der Waals surface area contributed by atoms with E-state index in [1.165, 1.54) is 10.8 Å². The molecule has 3 heterocycles. The van der Waals surface area contributed by atoms with Crippen molar-refractivity contribution in [3.63, 3.8) is 0 Å². The second-order valence-electron chi connectivity index (χ2n) is 4.35. The summed E-state index contributed by atoms with van der Waals surface area (Å²) in [5.74, 6) is 1.47. The Morgan fingerprint density at radius 1 is 1.10 bits per heavy atom. The lowest BCUT2D eigenvalue weighted by Crippen LogP contribution is -1.98. The third kappa shape index (κ3) is 2.15. The molecule has 6 nitrogen and oxygen atoms in total. The fourth-order valence-electron chi connectivity index (χ4n) is 2.06. The minimum Gasteiger partial charge on any atom is -0.439 e. The lowest BCUT2D eigenvalue weighted by molar-refractivity contribution is 0.446. The van der Waals surface area contributed by atoms with Gasteiger partial charge in [-0.3, -0.25) is 4.98 Å². The van der Waals surface area contributed by atoms with E-state index in [9.17, 15) is 0 Å². The van der Waals surface area contributed by atoms with E-state index >= 15 is 0 Å². The normalized spacial score (nSPS) is 11.1. The highest BCUT2D eigenvalue weighted by atomic mass is 35.5. The van der Waals surface area contributed by atoms with E-state index in [2.05, 4.69) is 20.1 Å². The summed E-state index contributed by atoms with van der Waals surface area (Å²) in [4.78, 5) is 12.3. The smallest absolute Gasteiger partial charge is 0.256 e. The maximum atomic E-state index is 5.96. The van der Waals surface area contributed by atoms with Crippen LogP contribution in [0.1, 0.15) is 0 Å². The fraction of sp³-hybridized carbons (Fsp3) is 0. The molecule has 0 fully saturated rings. The molecule has 0 unspecified atom stereocenters. The predicted octanol–water partition coefficient (Wildman–Crippen LogP) is 3.12. The van der Waals surface area contributed by atoms with Crippen molar-refractivity contribution in [3.05, 3.63) is 54.1 Å². The first kappa shape index (κ1) is 12.0. The molecule has 3 aromatic heterocycles. The number of hydrogen-bond acceptors (Lipinski definition) is 5. The molecule has 0 atom stereocenters. The van der Waals surface area contributed by atoms with Crippen LogP contribution in [-0.2, 0) is 0 Å². The highest BCUT2D eigenvalue weighted by molar-refractivity contribution is 6.29. The topological polar surface area (TPSA) is 65.2 Å². The van der Waals surface area contributed by atoms with E-state index in [0.29, 0.717) is 22.6 Å². The summed E-state index contributed by atoms with van der Waals surface area (Å²) < 4.78 is 7.32. The summed E-state index contributed by atoms with van der Waals surface area (Å²) in [6.07, 6.45) is 3.14. The molecule has 0 amide bonds. The Morgan fingerprint density at radius 3 is 3.00 bits per heavy atom. The van der Waals surface area contributed by atoms with Gasteiger partial charge >= 0.3 is 0 Å². The summed E-state index contributed by atoms with van der Waals surface area (Å²) >= 11 is 5.96. The summed E-state index contributed by atoms with van der Waals surface area (Å²) in [6.45, 7) is 0. The number of hydrogen-bond donors (Lipinski definition) is 0. The fourth-order valence-corrected chi connectivity index (χ4v) is 2.23. The highest BCUT2D eigenvalue weighted by Gasteiger charge is 2.09. The van der Waals surface area contributed by atoms with Crippen LogP contribution in [0.5, 0.6) is 11.6 Å². The molecule has 1 aromatic carbocycles. The van der Waals surface area contributed by atoms with Gasteiger partial charge in [0.2, 0.25) is 5.88 Å². The molecule has 0 aliphatic rings. The Morgan fingerprint density at radius 2 is 2.05 bits per heavy atom.